The Kier molecular flexibility index (Phi) is 5.71. The van der Waals surface area contributed by atoms with Crippen LogP contribution >= 0.6 is 0 Å². The predicted octanol–water partition coefficient (Wildman–Crippen LogP) is 0.522. The van der Waals surface area contributed by atoms with Gasteiger partial charge < -0.3 is 20.3 Å². The van der Waals surface area contributed by atoms with Crippen molar-refractivity contribution >= 4 is 0 Å². The van der Waals surface area contributed by atoms with Crippen LogP contribution in [0.3, 0.4) is 0 Å². The topological polar surface area (TPSA) is 41.7 Å². The average Bonchev–Trinajstić information content (AvgIpc) is 2.75. The van der Waals surface area contributed by atoms with Crippen LogP contribution in [-0.2, 0) is 4.74 Å². The van der Waals surface area contributed by atoms with Crippen molar-refractivity contribution in [2.75, 3.05) is 52.4 Å². The number of hydrogen-bond acceptors (Lipinski definition) is 4. The minimum atomic E-state index is 0.540. The molecule has 2 aliphatic rings. The maximum atomic E-state index is 5.68. The van der Waals surface area contributed by atoms with Crippen molar-refractivity contribution in [1.29, 1.82) is 0 Å². The van der Waals surface area contributed by atoms with Gasteiger partial charge in [-0.05, 0) is 38.8 Å². The summed E-state index contributed by atoms with van der Waals surface area (Å²) in [6.07, 6.45) is 5.57. The summed E-state index contributed by atoms with van der Waals surface area (Å²) >= 11 is 0. The third kappa shape index (κ3) is 4.54. The average molecular weight is 241 g/mol. The molecule has 0 aromatic rings. The van der Waals surface area contributed by atoms with Gasteiger partial charge in [-0.2, -0.15) is 0 Å². The van der Waals surface area contributed by atoms with Crippen molar-refractivity contribution in [3.63, 3.8) is 0 Å². The number of nitrogens with zero attached hydrogens (tertiary/aromatic N) is 2. The molecule has 0 aromatic carbocycles. The Morgan fingerprint density at radius 2 is 1.76 bits per heavy atom. The van der Waals surface area contributed by atoms with Crippen LogP contribution in [-0.4, -0.2) is 68.3 Å². The minimum Gasteiger partial charge on any atom is -0.378 e. The first-order valence-electron chi connectivity index (χ1n) is 7.15. The van der Waals surface area contributed by atoms with E-state index in [4.69, 9.17) is 10.5 Å². The molecule has 2 aliphatic heterocycles. The van der Waals surface area contributed by atoms with E-state index < -0.39 is 0 Å². The van der Waals surface area contributed by atoms with E-state index in [1.54, 1.807) is 0 Å². The van der Waals surface area contributed by atoms with Crippen molar-refractivity contribution in [2.24, 2.45) is 5.73 Å². The first kappa shape index (κ1) is 13.3. The van der Waals surface area contributed by atoms with Crippen LogP contribution in [0.1, 0.15) is 25.7 Å². The molecular weight excluding hydrogens is 214 g/mol. The molecule has 2 rings (SSSR count). The Morgan fingerprint density at radius 1 is 1.00 bits per heavy atom. The van der Waals surface area contributed by atoms with Gasteiger partial charge in [-0.3, -0.25) is 0 Å². The lowest BCUT2D eigenvalue weighted by atomic mass is 10.2. The van der Waals surface area contributed by atoms with Crippen LogP contribution < -0.4 is 5.73 Å². The zero-order valence-electron chi connectivity index (χ0n) is 10.9. The molecule has 0 saturated carbocycles. The van der Waals surface area contributed by atoms with Gasteiger partial charge in [0, 0.05) is 39.3 Å². The van der Waals surface area contributed by atoms with Gasteiger partial charge >= 0.3 is 0 Å². The van der Waals surface area contributed by atoms with Crippen molar-refractivity contribution < 1.29 is 4.74 Å². The summed E-state index contributed by atoms with van der Waals surface area (Å²) in [4.78, 5) is 5.09. The van der Waals surface area contributed by atoms with E-state index in [1.807, 2.05) is 0 Å². The molecule has 0 aliphatic carbocycles. The fourth-order valence-corrected chi connectivity index (χ4v) is 2.85. The van der Waals surface area contributed by atoms with Gasteiger partial charge in [0.15, 0.2) is 0 Å². The third-order valence-corrected chi connectivity index (χ3v) is 3.92. The van der Waals surface area contributed by atoms with Gasteiger partial charge in [0.1, 0.15) is 0 Å². The second-order valence-corrected chi connectivity index (χ2v) is 5.25. The van der Waals surface area contributed by atoms with Crippen LogP contribution in [0.15, 0.2) is 0 Å². The smallest absolute Gasteiger partial charge is 0.0588 e. The van der Waals surface area contributed by atoms with E-state index in [0.29, 0.717) is 6.10 Å². The van der Waals surface area contributed by atoms with Crippen molar-refractivity contribution in [3.8, 4) is 0 Å². The van der Waals surface area contributed by atoms with E-state index in [9.17, 15) is 0 Å². The van der Waals surface area contributed by atoms with E-state index in [0.717, 1.165) is 19.7 Å². The van der Waals surface area contributed by atoms with Crippen LogP contribution in [0.25, 0.3) is 0 Å². The number of hydrogen-bond donors (Lipinski definition) is 1. The highest BCUT2D eigenvalue weighted by atomic mass is 16.5. The van der Waals surface area contributed by atoms with Crippen molar-refractivity contribution in [1.82, 2.24) is 9.80 Å². The summed E-state index contributed by atoms with van der Waals surface area (Å²) in [5.74, 6) is 0. The SMILES string of the molecule is NCCN1CCCN(CCC2CCCO2)CC1. The molecule has 2 saturated heterocycles. The Balaban J connectivity index is 1.63. The van der Waals surface area contributed by atoms with Crippen LogP contribution in [0.2, 0.25) is 0 Å². The normalized spacial score (nSPS) is 28.4. The molecule has 100 valence electrons. The molecule has 0 amide bonds. The molecule has 1 atom stereocenters. The van der Waals surface area contributed by atoms with Gasteiger partial charge in [-0.15, -0.1) is 0 Å². The molecule has 2 heterocycles. The highest BCUT2D eigenvalue weighted by Gasteiger charge is 2.18. The number of rotatable bonds is 5. The maximum Gasteiger partial charge on any atom is 0.0588 e. The van der Waals surface area contributed by atoms with Crippen LogP contribution in [0.5, 0.6) is 0 Å². The van der Waals surface area contributed by atoms with Gasteiger partial charge in [0.05, 0.1) is 6.10 Å². The van der Waals surface area contributed by atoms with E-state index >= 15 is 0 Å². The molecular formula is C13H27N3O. The molecule has 4 heteroatoms. The summed E-state index contributed by atoms with van der Waals surface area (Å²) in [7, 11) is 0. The van der Waals surface area contributed by atoms with Gasteiger partial charge in [-0.1, -0.05) is 0 Å². The Hall–Kier alpha value is -0.160. The van der Waals surface area contributed by atoms with E-state index in [2.05, 4.69) is 9.80 Å². The lowest BCUT2D eigenvalue weighted by Crippen LogP contribution is -2.34. The van der Waals surface area contributed by atoms with Crippen molar-refractivity contribution in [3.05, 3.63) is 0 Å². The lowest BCUT2D eigenvalue weighted by Gasteiger charge is -2.22. The maximum absolute atomic E-state index is 5.68. The summed E-state index contributed by atoms with van der Waals surface area (Å²) in [5.41, 5.74) is 5.61. The highest BCUT2D eigenvalue weighted by Crippen LogP contribution is 2.16. The molecule has 1 unspecified atom stereocenters. The summed E-state index contributed by atoms with van der Waals surface area (Å²) < 4.78 is 5.68. The standard InChI is InChI=1S/C13H27N3O/c14-5-9-16-7-2-6-15(10-11-16)8-4-13-3-1-12-17-13/h13H,1-12,14H2. The number of nitrogens with two attached hydrogens (primary N) is 1. The molecule has 0 bridgehead atoms. The zero-order chi connectivity index (χ0) is 11.9. The minimum absolute atomic E-state index is 0.540. The van der Waals surface area contributed by atoms with Crippen LogP contribution in [0, 0.1) is 0 Å². The molecule has 0 aromatic heterocycles. The Bertz CT molecular complexity index is 207. The van der Waals surface area contributed by atoms with Gasteiger partial charge in [0.2, 0.25) is 0 Å². The highest BCUT2D eigenvalue weighted by molar-refractivity contribution is 4.72. The van der Waals surface area contributed by atoms with E-state index in [-0.39, 0.29) is 0 Å². The monoisotopic (exact) mass is 241 g/mol. The first-order chi connectivity index (χ1) is 8.38. The second kappa shape index (κ2) is 7.31. The fraction of sp³-hybridized carbons (Fsp3) is 1.00. The Morgan fingerprint density at radius 3 is 2.41 bits per heavy atom. The zero-order valence-corrected chi connectivity index (χ0v) is 10.9. The van der Waals surface area contributed by atoms with E-state index in [1.165, 1.54) is 58.4 Å². The lowest BCUT2D eigenvalue weighted by molar-refractivity contribution is 0.0924. The van der Waals surface area contributed by atoms with Gasteiger partial charge in [-0.25, -0.2) is 0 Å². The predicted molar refractivity (Wildman–Crippen MR) is 70.1 cm³/mol. The van der Waals surface area contributed by atoms with Crippen molar-refractivity contribution in [2.45, 2.75) is 31.8 Å². The molecule has 17 heavy (non-hydrogen) atoms. The Labute approximate surface area is 105 Å². The summed E-state index contributed by atoms with van der Waals surface area (Å²) in [6.45, 7) is 8.88. The molecule has 4 nitrogen and oxygen atoms in total. The largest absolute Gasteiger partial charge is 0.378 e. The summed E-state index contributed by atoms with van der Waals surface area (Å²) in [5, 5.41) is 0. The molecule has 2 N–H and O–H groups in total. The first-order valence-corrected chi connectivity index (χ1v) is 7.15. The second-order valence-electron chi connectivity index (χ2n) is 5.25. The summed E-state index contributed by atoms with van der Waals surface area (Å²) in [6, 6.07) is 0. The van der Waals surface area contributed by atoms with Crippen LogP contribution in [0.4, 0.5) is 0 Å². The quantitative estimate of drug-likeness (QED) is 0.762. The molecule has 0 radical (unpaired) electrons. The fourth-order valence-electron chi connectivity index (χ4n) is 2.85. The molecule has 0 spiro atoms. The third-order valence-electron chi connectivity index (χ3n) is 3.92. The van der Waals surface area contributed by atoms with Gasteiger partial charge in [0.25, 0.3) is 0 Å². The number of ether oxygens (including phenoxy) is 1. The molecule has 2 fully saturated rings.